The van der Waals surface area contributed by atoms with E-state index in [1.807, 2.05) is 13.0 Å². The van der Waals surface area contributed by atoms with E-state index in [9.17, 15) is 9.59 Å². The molecule has 5 heteroatoms. The molecule has 0 amide bonds. The van der Waals surface area contributed by atoms with E-state index in [4.69, 9.17) is 9.47 Å². The fourth-order valence-corrected chi connectivity index (χ4v) is 3.24. The van der Waals surface area contributed by atoms with Gasteiger partial charge in [0.15, 0.2) is 0 Å². The zero-order chi connectivity index (χ0) is 18.8. The van der Waals surface area contributed by atoms with Gasteiger partial charge >= 0.3 is 11.9 Å². The first-order chi connectivity index (χ1) is 11.9. The maximum Gasteiger partial charge on any atom is 0.330 e. The third kappa shape index (κ3) is 7.86. The van der Waals surface area contributed by atoms with Crippen molar-refractivity contribution < 1.29 is 23.8 Å². The number of rotatable bonds is 11. The molecular formula is C20H32O5. The first kappa shape index (κ1) is 21.4. The average Bonchev–Trinajstić information content (AvgIpc) is 2.54. The summed E-state index contributed by atoms with van der Waals surface area (Å²) >= 11 is 0. The highest BCUT2D eigenvalue weighted by Crippen LogP contribution is 2.28. The fourth-order valence-electron chi connectivity index (χ4n) is 3.24. The van der Waals surface area contributed by atoms with Gasteiger partial charge in [-0.3, -0.25) is 4.79 Å². The minimum atomic E-state index is -0.321. The molecule has 0 spiro atoms. The predicted molar refractivity (Wildman–Crippen MR) is 97.0 cm³/mol. The molecule has 0 N–H and O–H groups in total. The first-order valence-electron chi connectivity index (χ1n) is 9.00. The van der Waals surface area contributed by atoms with Gasteiger partial charge in [-0.25, -0.2) is 4.79 Å². The van der Waals surface area contributed by atoms with Crippen LogP contribution < -0.4 is 0 Å². The summed E-state index contributed by atoms with van der Waals surface area (Å²) in [6.45, 7) is 6.70. The molecule has 1 saturated heterocycles. The van der Waals surface area contributed by atoms with Crippen molar-refractivity contribution in [3.05, 3.63) is 23.3 Å². The molecule has 3 atom stereocenters. The van der Waals surface area contributed by atoms with Crippen molar-refractivity contribution >= 4 is 11.9 Å². The largest absolute Gasteiger partial charge is 0.466 e. The Labute approximate surface area is 151 Å². The number of unbranched alkanes of at least 4 members (excludes halogenated alkanes) is 1. The smallest absolute Gasteiger partial charge is 0.330 e. The summed E-state index contributed by atoms with van der Waals surface area (Å²) in [6, 6.07) is 0. The monoisotopic (exact) mass is 352 g/mol. The number of cyclic esters (lactones) is 1. The van der Waals surface area contributed by atoms with Crippen LogP contribution in [0.1, 0.15) is 52.9 Å². The lowest BCUT2D eigenvalue weighted by atomic mass is 9.91. The highest BCUT2D eigenvalue weighted by atomic mass is 16.6. The normalized spacial score (nSPS) is 22.2. The van der Waals surface area contributed by atoms with E-state index in [1.54, 1.807) is 7.11 Å². The van der Waals surface area contributed by atoms with Gasteiger partial charge < -0.3 is 14.2 Å². The molecule has 1 aliphatic rings. The lowest BCUT2D eigenvalue weighted by molar-refractivity contribution is -0.190. The molecular weight excluding hydrogens is 320 g/mol. The first-order valence-corrected chi connectivity index (χ1v) is 9.00. The van der Waals surface area contributed by atoms with E-state index in [-0.39, 0.29) is 24.0 Å². The fraction of sp³-hybridized carbons (Fsp3) is 0.700. The van der Waals surface area contributed by atoms with Gasteiger partial charge in [-0.15, -0.1) is 0 Å². The molecule has 0 saturated carbocycles. The molecule has 0 aromatic rings. The molecule has 0 aromatic carbocycles. The van der Waals surface area contributed by atoms with Crippen LogP contribution in [-0.2, 0) is 23.8 Å². The number of carbonyl (C=O) groups is 2. The standard InChI is InChI=1S/C20H32O5/c1-14(10-15(2)11-16(3)12-19(21)24-5)8-6-7-9-18-17(13-23-4)20(22)25-18/h11-12,14,17-18H,6-10,13H2,1-5H3/b15-11+,16-12+. The second-order valence-corrected chi connectivity index (χ2v) is 7.03. The molecule has 25 heavy (non-hydrogen) atoms. The Balaban J connectivity index is 2.24. The number of hydrogen-bond acceptors (Lipinski definition) is 5. The van der Waals surface area contributed by atoms with Crippen LogP contribution in [0.5, 0.6) is 0 Å². The van der Waals surface area contributed by atoms with Crippen molar-refractivity contribution in [1.29, 1.82) is 0 Å². The van der Waals surface area contributed by atoms with E-state index in [0.717, 1.165) is 37.7 Å². The van der Waals surface area contributed by atoms with Crippen LogP contribution in [0.3, 0.4) is 0 Å². The van der Waals surface area contributed by atoms with Gasteiger partial charge in [0.05, 0.1) is 13.7 Å². The third-order valence-corrected chi connectivity index (χ3v) is 4.49. The summed E-state index contributed by atoms with van der Waals surface area (Å²) in [5.41, 5.74) is 2.17. The van der Waals surface area contributed by atoms with Crippen LogP contribution in [0.2, 0.25) is 0 Å². The Morgan fingerprint density at radius 2 is 1.96 bits per heavy atom. The number of allylic oxidation sites excluding steroid dienone is 3. The Bertz CT molecular complexity index is 506. The lowest BCUT2D eigenvalue weighted by Crippen LogP contribution is -2.47. The molecule has 1 fully saturated rings. The van der Waals surface area contributed by atoms with E-state index in [1.165, 1.54) is 18.8 Å². The van der Waals surface area contributed by atoms with E-state index in [2.05, 4.69) is 18.6 Å². The average molecular weight is 352 g/mol. The summed E-state index contributed by atoms with van der Waals surface area (Å²) < 4.78 is 14.9. The Hall–Kier alpha value is -1.62. The highest BCUT2D eigenvalue weighted by Gasteiger charge is 2.41. The van der Waals surface area contributed by atoms with Crippen LogP contribution >= 0.6 is 0 Å². The Kier molecular flexibility index (Phi) is 9.50. The predicted octanol–water partition coefficient (Wildman–Crippen LogP) is 3.83. The molecule has 1 heterocycles. The van der Waals surface area contributed by atoms with Crippen LogP contribution in [0, 0.1) is 11.8 Å². The molecule has 3 unspecified atom stereocenters. The zero-order valence-electron chi connectivity index (χ0n) is 16.2. The van der Waals surface area contributed by atoms with Crippen molar-refractivity contribution in [2.24, 2.45) is 11.8 Å². The summed E-state index contributed by atoms with van der Waals surface area (Å²) in [5.74, 6) is 0.0625. The Morgan fingerprint density at radius 1 is 1.24 bits per heavy atom. The topological polar surface area (TPSA) is 61.8 Å². The van der Waals surface area contributed by atoms with Gasteiger partial charge in [0.1, 0.15) is 12.0 Å². The number of esters is 2. The lowest BCUT2D eigenvalue weighted by Gasteiger charge is -2.34. The van der Waals surface area contributed by atoms with Gasteiger partial charge in [0.25, 0.3) is 0 Å². The van der Waals surface area contributed by atoms with Crippen molar-refractivity contribution in [3.63, 3.8) is 0 Å². The highest BCUT2D eigenvalue weighted by molar-refractivity contribution is 5.83. The second-order valence-electron chi connectivity index (χ2n) is 7.03. The van der Waals surface area contributed by atoms with Crippen LogP contribution in [0.4, 0.5) is 0 Å². The summed E-state index contributed by atoms with van der Waals surface area (Å²) in [4.78, 5) is 22.5. The van der Waals surface area contributed by atoms with E-state index >= 15 is 0 Å². The van der Waals surface area contributed by atoms with Crippen molar-refractivity contribution in [3.8, 4) is 0 Å². The maximum atomic E-state index is 11.3. The van der Waals surface area contributed by atoms with Crippen molar-refractivity contribution in [2.45, 2.75) is 59.0 Å². The number of carbonyl (C=O) groups excluding carboxylic acids is 2. The maximum absolute atomic E-state index is 11.3. The van der Waals surface area contributed by atoms with Gasteiger partial charge in [-0.2, -0.15) is 0 Å². The molecule has 0 aliphatic carbocycles. The number of hydrogen-bond donors (Lipinski definition) is 0. The number of methoxy groups -OCH3 is 2. The minimum Gasteiger partial charge on any atom is -0.466 e. The van der Waals surface area contributed by atoms with E-state index < -0.39 is 0 Å². The van der Waals surface area contributed by atoms with Crippen LogP contribution in [0.15, 0.2) is 23.3 Å². The van der Waals surface area contributed by atoms with Crippen LogP contribution in [0.25, 0.3) is 0 Å². The van der Waals surface area contributed by atoms with Gasteiger partial charge in [-0.05, 0) is 44.6 Å². The molecule has 142 valence electrons. The van der Waals surface area contributed by atoms with Gasteiger partial charge in [-0.1, -0.05) is 31.4 Å². The molecule has 0 radical (unpaired) electrons. The van der Waals surface area contributed by atoms with Gasteiger partial charge in [0, 0.05) is 13.2 Å². The Morgan fingerprint density at radius 3 is 2.56 bits per heavy atom. The zero-order valence-corrected chi connectivity index (χ0v) is 16.2. The van der Waals surface area contributed by atoms with Crippen molar-refractivity contribution in [2.75, 3.05) is 20.8 Å². The molecule has 0 bridgehead atoms. The summed E-state index contributed by atoms with van der Waals surface area (Å²) in [6.07, 6.45) is 8.84. The molecule has 1 aliphatic heterocycles. The SMILES string of the molecule is COCC1C(=O)OC1CCCCC(C)C/C(C)=C/C(C)=C/C(=O)OC. The summed E-state index contributed by atoms with van der Waals surface area (Å²) in [5, 5.41) is 0. The second kappa shape index (κ2) is 11.1. The molecule has 5 nitrogen and oxygen atoms in total. The quantitative estimate of drug-likeness (QED) is 0.245. The minimum absolute atomic E-state index is 0.0375. The molecule has 0 aromatic heterocycles. The molecule has 1 rings (SSSR count). The van der Waals surface area contributed by atoms with Crippen LogP contribution in [-0.4, -0.2) is 38.9 Å². The number of ether oxygens (including phenoxy) is 3. The third-order valence-electron chi connectivity index (χ3n) is 4.49. The van der Waals surface area contributed by atoms with Crippen molar-refractivity contribution in [1.82, 2.24) is 0 Å². The summed E-state index contributed by atoms with van der Waals surface area (Å²) in [7, 11) is 3.00. The van der Waals surface area contributed by atoms with Gasteiger partial charge in [0.2, 0.25) is 0 Å². The van der Waals surface area contributed by atoms with E-state index in [0.29, 0.717) is 12.5 Å².